The van der Waals surface area contributed by atoms with Gasteiger partial charge in [0, 0.05) is 13.1 Å². The lowest BCUT2D eigenvalue weighted by molar-refractivity contribution is -0.128. The number of benzene rings is 3. The number of carbonyl (C=O) groups excluding carboxylic acids is 5. The van der Waals surface area contributed by atoms with E-state index in [-0.39, 0.29) is 38.5 Å². The third-order valence-electron chi connectivity index (χ3n) is 8.74. The van der Waals surface area contributed by atoms with Crippen molar-refractivity contribution in [1.29, 1.82) is 0 Å². The molecule has 0 saturated carbocycles. The number of nitrogens with one attached hydrogen (secondary N) is 5. The summed E-state index contributed by atoms with van der Waals surface area (Å²) >= 11 is 0. The maximum atomic E-state index is 13.6. The Morgan fingerprint density at radius 2 is 1.11 bits per heavy atom. The second-order valence-corrected chi connectivity index (χ2v) is 15.2. The molecule has 3 rings (SSSR count). The lowest BCUT2D eigenvalue weighted by atomic mass is 9.98. The van der Waals surface area contributed by atoms with E-state index < -0.39 is 78.3 Å². The molecule has 0 bridgehead atoms. The van der Waals surface area contributed by atoms with Crippen LogP contribution in [-0.2, 0) is 43.3 Å². The zero-order valence-electron chi connectivity index (χ0n) is 33.3. The molecular formula is C42H58N6O9. The number of ether oxygens (including phenoxy) is 2. The highest BCUT2D eigenvalue weighted by Crippen LogP contribution is 2.12. The highest BCUT2D eigenvalue weighted by atomic mass is 16.6. The molecular weight excluding hydrogens is 732 g/mol. The van der Waals surface area contributed by atoms with Crippen molar-refractivity contribution in [2.24, 2.45) is 11.7 Å². The molecule has 0 fully saturated rings. The van der Waals surface area contributed by atoms with Gasteiger partial charge in [-0.15, -0.1) is 0 Å². The van der Waals surface area contributed by atoms with Gasteiger partial charge in [-0.25, -0.2) is 9.59 Å². The van der Waals surface area contributed by atoms with Gasteiger partial charge in [0.1, 0.15) is 24.3 Å². The van der Waals surface area contributed by atoms with Gasteiger partial charge in [0.25, 0.3) is 0 Å². The van der Waals surface area contributed by atoms with Crippen LogP contribution in [0, 0.1) is 5.92 Å². The van der Waals surface area contributed by atoms with Crippen LogP contribution in [-0.4, -0.2) is 95.2 Å². The van der Waals surface area contributed by atoms with Crippen LogP contribution < -0.4 is 32.3 Å². The Bertz CT molecular complexity index is 1710. The number of nitrogens with two attached hydrogens (primary N) is 1. The molecule has 3 aromatic rings. The normalized spacial score (nSPS) is 14.5. The van der Waals surface area contributed by atoms with E-state index in [2.05, 4.69) is 26.6 Å². The highest BCUT2D eigenvalue weighted by Gasteiger charge is 2.32. The van der Waals surface area contributed by atoms with E-state index in [1.165, 1.54) is 0 Å². The average Bonchev–Trinajstić information content (AvgIpc) is 3.15. The summed E-state index contributed by atoms with van der Waals surface area (Å²) in [6.45, 7) is 8.35. The average molecular weight is 791 g/mol. The molecule has 0 aromatic heterocycles. The van der Waals surface area contributed by atoms with E-state index in [1.807, 2.05) is 91.0 Å². The van der Waals surface area contributed by atoms with Gasteiger partial charge in [0.05, 0.1) is 30.7 Å². The fourth-order valence-corrected chi connectivity index (χ4v) is 5.81. The largest absolute Gasteiger partial charge is 0.445 e. The second-order valence-electron chi connectivity index (χ2n) is 15.2. The molecule has 310 valence electrons. The molecule has 9 N–H and O–H groups in total. The molecule has 6 atom stereocenters. The summed E-state index contributed by atoms with van der Waals surface area (Å²) in [5.41, 5.74) is 6.94. The molecule has 0 saturated heterocycles. The molecule has 15 nitrogen and oxygen atoms in total. The number of aliphatic hydroxyl groups is 2. The monoisotopic (exact) mass is 790 g/mol. The lowest BCUT2D eigenvalue weighted by Gasteiger charge is -2.30. The standard InChI is InChI=1S/C42H58N6O9/c1-27(2)37(48-40(54)56-26-30-19-13-8-14-20-30)39(53)46-32(22-29-17-11-7-12-18-29)35(50)25-44-24-34(49)31(21-28-15-9-6-10-16-28)45-38(52)33(23-36(43)51)47-41(55)57-42(3,4)5/h6-20,27,31-35,37,44,49-50H,21-26H2,1-5H3,(H2,43,51)(H,45,52)(H,46,53)(H,47,55)(H,48,54)/t31-,32-,33-,34+,35+,37-/m0/s1. The number of primary amides is 1. The van der Waals surface area contributed by atoms with Crippen LogP contribution in [0.3, 0.4) is 0 Å². The van der Waals surface area contributed by atoms with Gasteiger partial charge in [-0.3, -0.25) is 14.4 Å². The van der Waals surface area contributed by atoms with Crippen LogP contribution in [0.25, 0.3) is 0 Å². The molecule has 0 radical (unpaired) electrons. The fraction of sp³-hybridized carbons (Fsp3) is 0.452. The predicted molar refractivity (Wildman–Crippen MR) is 214 cm³/mol. The summed E-state index contributed by atoms with van der Waals surface area (Å²) in [7, 11) is 0. The van der Waals surface area contributed by atoms with Crippen molar-refractivity contribution < 1.29 is 43.7 Å². The summed E-state index contributed by atoms with van der Waals surface area (Å²) in [6, 6.07) is 23.4. The van der Waals surface area contributed by atoms with Crippen molar-refractivity contribution in [3.63, 3.8) is 0 Å². The maximum Gasteiger partial charge on any atom is 0.408 e. The van der Waals surface area contributed by atoms with E-state index in [4.69, 9.17) is 15.2 Å². The van der Waals surface area contributed by atoms with E-state index >= 15 is 0 Å². The first-order valence-electron chi connectivity index (χ1n) is 19.0. The number of rotatable bonds is 21. The molecule has 0 aliphatic rings. The molecule has 0 aliphatic heterocycles. The van der Waals surface area contributed by atoms with Gasteiger partial charge in [-0.1, -0.05) is 105 Å². The van der Waals surface area contributed by atoms with Crippen molar-refractivity contribution in [3.8, 4) is 0 Å². The summed E-state index contributed by atoms with van der Waals surface area (Å²) in [5, 5.41) is 36.6. The number of carbonyl (C=O) groups is 5. The van der Waals surface area contributed by atoms with E-state index in [9.17, 15) is 34.2 Å². The third-order valence-corrected chi connectivity index (χ3v) is 8.74. The van der Waals surface area contributed by atoms with E-state index in [0.717, 1.165) is 16.7 Å². The van der Waals surface area contributed by atoms with Crippen molar-refractivity contribution in [1.82, 2.24) is 26.6 Å². The van der Waals surface area contributed by atoms with Gasteiger partial charge in [0.2, 0.25) is 17.7 Å². The molecule has 5 amide bonds. The van der Waals surface area contributed by atoms with Crippen LogP contribution >= 0.6 is 0 Å². The minimum atomic E-state index is -1.38. The van der Waals surface area contributed by atoms with Crippen LogP contribution in [0.1, 0.15) is 57.7 Å². The van der Waals surface area contributed by atoms with Crippen LogP contribution in [0.2, 0.25) is 0 Å². The molecule has 3 aromatic carbocycles. The Balaban J connectivity index is 1.71. The number of aliphatic hydroxyl groups excluding tert-OH is 2. The van der Waals surface area contributed by atoms with Crippen LogP contribution in [0.5, 0.6) is 0 Å². The fourth-order valence-electron chi connectivity index (χ4n) is 5.81. The zero-order valence-corrected chi connectivity index (χ0v) is 33.3. The first-order chi connectivity index (χ1) is 27.0. The van der Waals surface area contributed by atoms with Crippen molar-refractivity contribution >= 4 is 29.9 Å². The summed E-state index contributed by atoms with van der Waals surface area (Å²) in [6.07, 6.45) is -4.16. The molecule has 0 spiro atoms. The predicted octanol–water partition coefficient (Wildman–Crippen LogP) is 2.47. The molecule has 0 unspecified atom stereocenters. The first-order valence-corrected chi connectivity index (χ1v) is 19.0. The van der Waals surface area contributed by atoms with Crippen molar-refractivity contribution in [2.75, 3.05) is 13.1 Å². The van der Waals surface area contributed by atoms with Gasteiger partial charge in [-0.2, -0.15) is 0 Å². The van der Waals surface area contributed by atoms with Gasteiger partial charge in [0.15, 0.2) is 0 Å². The zero-order chi connectivity index (χ0) is 42.0. The number of alkyl carbamates (subject to hydrolysis) is 2. The number of hydrogen-bond acceptors (Lipinski definition) is 10. The van der Waals surface area contributed by atoms with Gasteiger partial charge in [-0.05, 0) is 56.2 Å². The first kappa shape index (κ1) is 45.9. The Kier molecular flexibility index (Phi) is 18.4. The SMILES string of the molecule is CC(C)[C@H](NC(=O)OCc1ccccc1)C(=O)N[C@@H](Cc1ccccc1)[C@H](O)CNC[C@@H](O)[C@H](Cc1ccccc1)NC(=O)[C@H](CC(N)=O)NC(=O)OC(C)(C)C. The topological polar surface area (TPSA) is 230 Å². The Hall–Kier alpha value is -5.51. The van der Waals surface area contributed by atoms with Crippen LogP contribution in [0.15, 0.2) is 91.0 Å². The van der Waals surface area contributed by atoms with Gasteiger partial charge >= 0.3 is 12.2 Å². The minimum absolute atomic E-state index is 0.0266. The third kappa shape index (κ3) is 17.4. The smallest absolute Gasteiger partial charge is 0.408 e. The second kappa shape index (κ2) is 22.9. The molecule has 0 heterocycles. The highest BCUT2D eigenvalue weighted by molar-refractivity contribution is 5.90. The number of hydrogen-bond donors (Lipinski definition) is 8. The van der Waals surface area contributed by atoms with Gasteiger partial charge < -0.3 is 52.0 Å². The maximum absolute atomic E-state index is 13.6. The minimum Gasteiger partial charge on any atom is -0.445 e. The Morgan fingerprint density at radius 3 is 1.54 bits per heavy atom. The molecule has 15 heteroatoms. The van der Waals surface area contributed by atoms with Crippen LogP contribution in [0.4, 0.5) is 9.59 Å². The quantitative estimate of drug-likeness (QED) is 0.0786. The van der Waals surface area contributed by atoms with E-state index in [0.29, 0.717) is 0 Å². The summed E-state index contributed by atoms with van der Waals surface area (Å²) in [5.74, 6) is -2.44. The Labute approximate surface area is 334 Å². The van der Waals surface area contributed by atoms with Crippen molar-refractivity contribution in [3.05, 3.63) is 108 Å². The Morgan fingerprint density at radius 1 is 0.649 bits per heavy atom. The summed E-state index contributed by atoms with van der Waals surface area (Å²) < 4.78 is 10.6. The molecule has 57 heavy (non-hydrogen) atoms. The number of amides is 5. The van der Waals surface area contributed by atoms with Crippen molar-refractivity contribution in [2.45, 2.75) is 102 Å². The molecule has 0 aliphatic carbocycles. The summed E-state index contributed by atoms with van der Waals surface area (Å²) in [4.78, 5) is 64.2. The van der Waals surface area contributed by atoms with E-state index in [1.54, 1.807) is 34.6 Å². The lowest BCUT2D eigenvalue weighted by Crippen LogP contribution is -2.57.